The second kappa shape index (κ2) is 7.22. The highest BCUT2D eigenvalue weighted by atomic mass is 19.1. The first-order chi connectivity index (χ1) is 9.73. The zero-order valence-corrected chi connectivity index (χ0v) is 12.9. The number of nitrogens with two attached hydrogens (primary N) is 1. The monoisotopic (exact) mass is 294 g/mol. The molecule has 1 rings (SSSR count). The first-order valence-electron chi connectivity index (χ1n) is 6.83. The van der Waals surface area contributed by atoms with E-state index in [0.29, 0.717) is 23.2 Å². The molecule has 0 spiro atoms. The number of carbonyl (C=O) groups is 1. The van der Waals surface area contributed by atoms with Gasteiger partial charge in [-0.2, -0.15) is 0 Å². The summed E-state index contributed by atoms with van der Waals surface area (Å²) >= 11 is 0. The van der Waals surface area contributed by atoms with E-state index in [1.165, 1.54) is 0 Å². The lowest BCUT2D eigenvalue weighted by Gasteiger charge is -2.20. The molecule has 1 atom stereocenters. The largest absolute Gasteiger partial charge is 0.489 e. The van der Waals surface area contributed by atoms with E-state index in [9.17, 15) is 9.18 Å². The van der Waals surface area contributed by atoms with Crippen molar-refractivity contribution in [3.63, 3.8) is 0 Å². The zero-order chi connectivity index (χ0) is 16.0. The summed E-state index contributed by atoms with van der Waals surface area (Å²) in [5.74, 6) is 0.413. The number of rotatable bonds is 5. The van der Waals surface area contributed by atoms with Gasteiger partial charge in [0.15, 0.2) is 0 Å². The van der Waals surface area contributed by atoms with Gasteiger partial charge in [-0.1, -0.05) is 0 Å². The van der Waals surface area contributed by atoms with Gasteiger partial charge in [-0.15, -0.1) is 0 Å². The lowest BCUT2D eigenvalue weighted by molar-refractivity contribution is 0.0919. The average molecular weight is 294 g/mol. The van der Waals surface area contributed by atoms with Gasteiger partial charge < -0.3 is 15.8 Å². The fourth-order valence-electron chi connectivity index (χ4n) is 1.54. The maximum atomic E-state index is 12.6. The Kier molecular flexibility index (Phi) is 5.90. The van der Waals surface area contributed by atoms with Gasteiger partial charge in [0.05, 0.1) is 6.33 Å². The zero-order valence-electron chi connectivity index (χ0n) is 12.9. The van der Waals surface area contributed by atoms with E-state index in [1.807, 2.05) is 20.8 Å². The van der Waals surface area contributed by atoms with E-state index < -0.39 is 6.04 Å². The molecule has 0 aliphatic heterocycles. The fourth-order valence-corrected chi connectivity index (χ4v) is 1.54. The molecule has 0 radical (unpaired) electrons. The number of nitrogens with one attached hydrogen (secondary N) is 1. The fraction of sp³-hybridized carbons (Fsp3) is 0.438. The van der Waals surface area contributed by atoms with Gasteiger partial charge in [-0.3, -0.25) is 4.79 Å². The van der Waals surface area contributed by atoms with E-state index in [0.717, 1.165) is 0 Å². The molecule has 0 aromatic heterocycles. The first-order valence-corrected chi connectivity index (χ1v) is 6.83. The smallest absolute Gasteiger partial charge is 0.251 e. The molecule has 0 fully saturated rings. The van der Waals surface area contributed by atoms with E-state index in [-0.39, 0.29) is 18.1 Å². The number of halogens is 1. The van der Waals surface area contributed by atoms with Crippen molar-refractivity contribution in [2.24, 2.45) is 5.73 Å². The van der Waals surface area contributed by atoms with Crippen LogP contribution in [-0.2, 0) is 0 Å². The van der Waals surface area contributed by atoms with E-state index in [1.54, 1.807) is 31.2 Å². The molecular formula is C16H23FN2O2. The molecule has 0 saturated carbocycles. The first kappa shape index (κ1) is 17.2. The Bertz CT molecular complexity index is 502. The van der Waals surface area contributed by atoms with E-state index >= 15 is 0 Å². The molecule has 0 unspecified atom stereocenters. The van der Waals surface area contributed by atoms with E-state index in [4.69, 9.17) is 10.5 Å². The molecule has 5 heteroatoms. The lowest BCUT2D eigenvalue weighted by atomic mass is 10.1. The lowest BCUT2D eigenvalue weighted by Crippen LogP contribution is -2.40. The predicted molar refractivity (Wildman–Crippen MR) is 82.0 cm³/mol. The summed E-state index contributed by atoms with van der Waals surface area (Å²) in [5, 5.41) is 2.87. The number of hydrogen-bond acceptors (Lipinski definition) is 3. The molecule has 0 aliphatic carbocycles. The minimum atomic E-state index is -0.396. The Hall–Kier alpha value is -1.88. The van der Waals surface area contributed by atoms with Crippen molar-refractivity contribution in [1.29, 1.82) is 0 Å². The normalized spacial score (nSPS) is 13.7. The van der Waals surface area contributed by atoms with Crippen LogP contribution < -0.4 is 15.8 Å². The highest BCUT2D eigenvalue weighted by Gasteiger charge is 2.15. The van der Waals surface area contributed by atoms with Crippen molar-refractivity contribution in [2.45, 2.75) is 39.3 Å². The van der Waals surface area contributed by atoms with Crippen LogP contribution >= 0.6 is 0 Å². The van der Waals surface area contributed by atoms with Crippen LogP contribution in [0.3, 0.4) is 0 Å². The highest BCUT2D eigenvalue weighted by molar-refractivity contribution is 5.94. The molecule has 1 aromatic carbocycles. The Morgan fingerprint density at radius 3 is 2.38 bits per heavy atom. The molecule has 1 amide bonds. The van der Waals surface area contributed by atoms with Crippen LogP contribution in [0.5, 0.6) is 5.75 Å². The SMILES string of the molecule is C[C@H](N)/C(=C\F)COc1ccc(C(=O)NC(C)(C)C)cc1. The summed E-state index contributed by atoms with van der Waals surface area (Å²) in [4.78, 5) is 11.9. The summed E-state index contributed by atoms with van der Waals surface area (Å²) in [6.45, 7) is 7.53. The average Bonchev–Trinajstić information content (AvgIpc) is 2.37. The molecule has 0 aliphatic rings. The quantitative estimate of drug-likeness (QED) is 0.877. The van der Waals surface area contributed by atoms with Crippen LogP contribution in [0, 0.1) is 0 Å². The van der Waals surface area contributed by atoms with Crippen molar-refractivity contribution in [3.8, 4) is 5.75 Å². The standard InChI is InChI=1S/C16H23FN2O2/c1-11(18)13(9-17)10-21-14-7-5-12(6-8-14)15(20)19-16(2,3)4/h5-9,11H,10,18H2,1-4H3,(H,19,20)/b13-9-/t11-/m0/s1. The van der Waals surface area contributed by atoms with Crippen molar-refractivity contribution in [1.82, 2.24) is 5.32 Å². The Balaban J connectivity index is 2.64. The van der Waals surface area contributed by atoms with Crippen LogP contribution in [-0.4, -0.2) is 24.1 Å². The summed E-state index contributed by atoms with van der Waals surface area (Å²) in [6, 6.07) is 6.29. The molecule has 1 aromatic rings. The highest BCUT2D eigenvalue weighted by Crippen LogP contribution is 2.14. The van der Waals surface area contributed by atoms with E-state index in [2.05, 4.69) is 5.32 Å². The molecular weight excluding hydrogens is 271 g/mol. The van der Waals surface area contributed by atoms with Gasteiger partial charge in [0.1, 0.15) is 12.4 Å². The van der Waals surface area contributed by atoms with Crippen LogP contribution in [0.2, 0.25) is 0 Å². The predicted octanol–water partition coefficient (Wildman–Crippen LogP) is 2.79. The molecule has 3 N–H and O–H groups in total. The molecule has 4 nitrogen and oxygen atoms in total. The number of hydrogen-bond donors (Lipinski definition) is 2. The van der Waals surface area contributed by atoms with Crippen LogP contribution in [0.25, 0.3) is 0 Å². The maximum Gasteiger partial charge on any atom is 0.251 e. The minimum absolute atomic E-state index is 0.0850. The molecule has 0 heterocycles. The number of ether oxygens (including phenoxy) is 1. The second-order valence-electron chi connectivity index (χ2n) is 5.99. The molecule has 0 saturated heterocycles. The number of carbonyl (C=O) groups excluding carboxylic acids is 1. The van der Waals surface area contributed by atoms with Gasteiger partial charge >= 0.3 is 0 Å². The van der Waals surface area contributed by atoms with Gasteiger partial charge in [0.2, 0.25) is 0 Å². The minimum Gasteiger partial charge on any atom is -0.489 e. The Labute approximate surface area is 125 Å². The maximum absolute atomic E-state index is 12.6. The molecule has 21 heavy (non-hydrogen) atoms. The topological polar surface area (TPSA) is 64.3 Å². The third-order valence-corrected chi connectivity index (χ3v) is 2.74. The van der Waals surface area contributed by atoms with Crippen LogP contribution in [0.15, 0.2) is 36.2 Å². The van der Waals surface area contributed by atoms with Crippen molar-refractivity contribution >= 4 is 5.91 Å². The number of benzene rings is 1. The third-order valence-electron chi connectivity index (χ3n) is 2.74. The van der Waals surface area contributed by atoms with Gasteiger partial charge in [-0.25, -0.2) is 4.39 Å². The summed E-state index contributed by atoms with van der Waals surface area (Å²) in [6.07, 6.45) is 0.468. The third kappa shape index (κ3) is 5.95. The van der Waals surface area contributed by atoms with Crippen molar-refractivity contribution < 1.29 is 13.9 Å². The Morgan fingerprint density at radius 2 is 1.95 bits per heavy atom. The summed E-state index contributed by atoms with van der Waals surface area (Å²) in [7, 11) is 0. The number of amides is 1. The van der Waals surface area contributed by atoms with Crippen molar-refractivity contribution in [2.75, 3.05) is 6.61 Å². The second-order valence-corrected chi connectivity index (χ2v) is 5.99. The van der Waals surface area contributed by atoms with Gasteiger partial charge in [0.25, 0.3) is 5.91 Å². The van der Waals surface area contributed by atoms with Gasteiger partial charge in [-0.05, 0) is 52.0 Å². The van der Waals surface area contributed by atoms with Crippen molar-refractivity contribution in [3.05, 3.63) is 41.7 Å². The summed E-state index contributed by atoms with van der Waals surface area (Å²) in [5.41, 5.74) is 6.23. The Morgan fingerprint density at radius 1 is 1.38 bits per heavy atom. The molecule has 116 valence electrons. The van der Waals surface area contributed by atoms with Crippen LogP contribution in [0.1, 0.15) is 38.1 Å². The van der Waals surface area contributed by atoms with Crippen LogP contribution in [0.4, 0.5) is 4.39 Å². The van der Waals surface area contributed by atoms with Gasteiger partial charge in [0, 0.05) is 22.7 Å². The summed E-state index contributed by atoms with van der Waals surface area (Å²) < 4.78 is 18.0. The molecule has 0 bridgehead atoms.